The molecule has 27 heavy (non-hydrogen) atoms. The lowest BCUT2D eigenvalue weighted by atomic mass is 10.1. The third-order valence-corrected chi connectivity index (χ3v) is 4.04. The molecule has 1 heterocycles. The summed E-state index contributed by atoms with van der Waals surface area (Å²) in [6, 6.07) is 10.2. The standard InChI is InChI=1S/C25H26N2/c1-6-10-12-20(8-3)23-18-24(21(9-4)13-11-7-2)27-25(26-23)22-16-14-19(5)15-17-22/h6-18H,1,4H2,2-3,5H3/b11-7-,12-10-,20-8+,21-13+. The van der Waals surface area contributed by atoms with Gasteiger partial charge in [0.25, 0.3) is 0 Å². The Bertz CT molecular complexity index is 923. The zero-order valence-electron chi connectivity index (χ0n) is 16.3. The number of allylic oxidation sites excluding steroid dienone is 10. The van der Waals surface area contributed by atoms with Crippen LogP contribution in [0.3, 0.4) is 0 Å². The molecule has 0 radical (unpaired) electrons. The average molecular weight is 354 g/mol. The fourth-order valence-electron chi connectivity index (χ4n) is 2.53. The molecule has 1 aromatic heterocycles. The smallest absolute Gasteiger partial charge is 0.160 e. The van der Waals surface area contributed by atoms with Gasteiger partial charge in [-0.15, -0.1) is 0 Å². The van der Waals surface area contributed by atoms with Gasteiger partial charge in [0.1, 0.15) is 0 Å². The van der Waals surface area contributed by atoms with Crippen LogP contribution in [0.4, 0.5) is 0 Å². The Labute approximate surface area is 162 Å². The molecule has 136 valence electrons. The Balaban J connectivity index is 2.69. The van der Waals surface area contributed by atoms with Gasteiger partial charge in [0.05, 0.1) is 11.4 Å². The zero-order valence-corrected chi connectivity index (χ0v) is 16.3. The van der Waals surface area contributed by atoms with E-state index < -0.39 is 0 Å². The molecule has 0 atom stereocenters. The molecule has 2 heteroatoms. The Morgan fingerprint density at radius 2 is 1.59 bits per heavy atom. The number of hydrogen-bond donors (Lipinski definition) is 0. The Kier molecular flexibility index (Phi) is 7.45. The van der Waals surface area contributed by atoms with Gasteiger partial charge < -0.3 is 0 Å². The molecule has 2 nitrogen and oxygen atoms in total. The third-order valence-electron chi connectivity index (χ3n) is 4.04. The first-order valence-electron chi connectivity index (χ1n) is 9.00. The van der Waals surface area contributed by atoms with Crippen molar-refractivity contribution < 1.29 is 0 Å². The van der Waals surface area contributed by atoms with E-state index in [4.69, 9.17) is 9.97 Å². The SMILES string of the molecule is C=C/C=C\C(=C/C)c1cc(/C(C=C)=C/C=C\C)nc(-c2ccc(C)cc2)n1. The molecule has 2 rings (SSSR count). The minimum atomic E-state index is 0.696. The normalized spacial score (nSPS) is 12.7. The summed E-state index contributed by atoms with van der Waals surface area (Å²) in [5.41, 5.74) is 5.87. The maximum absolute atomic E-state index is 4.81. The van der Waals surface area contributed by atoms with Crippen LogP contribution in [-0.4, -0.2) is 9.97 Å². The van der Waals surface area contributed by atoms with Crippen molar-refractivity contribution in [2.45, 2.75) is 20.8 Å². The molecule has 2 aromatic rings. The topological polar surface area (TPSA) is 25.8 Å². The van der Waals surface area contributed by atoms with Crippen LogP contribution in [0.2, 0.25) is 0 Å². The van der Waals surface area contributed by atoms with Crippen LogP contribution in [0.15, 0.2) is 92.1 Å². The van der Waals surface area contributed by atoms with Crippen molar-refractivity contribution in [1.29, 1.82) is 0 Å². The summed E-state index contributed by atoms with van der Waals surface area (Å²) in [6.45, 7) is 13.7. The van der Waals surface area contributed by atoms with Gasteiger partial charge in [-0.2, -0.15) is 0 Å². The molecule has 0 saturated heterocycles. The molecule has 0 aliphatic carbocycles. The molecule has 0 amide bonds. The van der Waals surface area contributed by atoms with Crippen molar-refractivity contribution in [3.8, 4) is 11.4 Å². The molecule has 0 bridgehead atoms. The van der Waals surface area contributed by atoms with E-state index >= 15 is 0 Å². The number of aryl methyl sites for hydroxylation is 1. The summed E-state index contributed by atoms with van der Waals surface area (Å²) in [5, 5.41) is 0. The van der Waals surface area contributed by atoms with Crippen LogP contribution >= 0.6 is 0 Å². The van der Waals surface area contributed by atoms with Gasteiger partial charge in [0.2, 0.25) is 0 Å². The maximum Gasteiger partial charge on any atom is 0.160 e. The average Bonchev–Trinajstić information content (AvgIpc) is 2.69. The number of nitrogens with zero attached hydrogens (tertiary/aromatic N) is 2. The zero-order chi connectivity index (χ0) is 19.6. The molecule has 0 aliphatic heterocycles. The lowest BCUT2D eigenvalue weighted by Crippen LogP contribution is -1.99. The van der Waals surface area contributed by atoms with E-state index in [1.165, 1.54) is 5.56 Å². The summed E-state index contributed by atoms with van der Waals surface area (Å²) in [5.74, 6) is 0.696. The van der Waals surface area contributed by atoms with E-state index in [9.17, 15) is 0 Å². The fourth-order valence-corrected chi connectivity index (χ4v) is 2.53. The number of hydrogen-bond acceptors (Lipinski definition) is 2. The third kappa shape index (κ3) is 5.35. The molecule has 0 unspecified atom stereocenters. The van der Waals surface area contributed by atoms with E-state index in [0.717, 1.165) is 28.1 Å². The highest BCUT2D eigenvalue weighted by Crippen LogP contribution is 2.24. The molecular formula is C25H26N2. The Hall–Kier alpha value is -3.26. The summed E-state index contributed by atoms with van der Waals surface area (Å²) in [7, 11) is 0. The molecule has 0 aliphatic rings. The van der Waals surface area contributed by atoms with E-state index in [1.807, 2.05) is 62.4 Å². The summed E-state index contributed by atoms with van der Waals surface area (Å²) >= 11 is 0. The van der Waals surface area contributed by atoms with Crippen molar-refractivity contribution in [1.82, 2.24) is 9.97 Å². The van der Waals surface area contributed by atoms with Gasteiger partial charge in [-0.1, -0.05) is 91.6 Å². The van der Waals surface area contributed by atoms with Crippen LogP contribution in [0.25, 0.3) is 22.5 Å². The van der Waals surface area contributed by atoms with Gasteiger partial charge in [-0.05, 0) is 38.0 Å². The minimum absolute atomic E-state index is 0.696. The van der Waals surface area contributed by atoms with E-state index in [-0.39, 0.29) is 0 Å². The first-order valence-corrected chi connectivity index (χ1v) is 9.00. The largest absolute Gasteiger partial charge is 0.228 e. The summed E-state index contributed by atoms with van der Waals surface area (Å²) in [6.07, 6.45) is 15.5. The number of rotatable bonds is 7. The second-order valence-electron chi connectivity index (χ2n) is 6.02. The first-order chi connectivity index (χ1) is 13.1. The molecule has 1 aromatic carbocycles. The predicted molar refractivity (Wildman–Crippen MR) is 118 cm³/mol. The second kappa shape index (κ2) is 10.0. The highest BCUT2D eigenvalue weighted by molar-refractivity contribution is 5.79. The van der Waals surface area contributed by atoms with Crippen molar-refractivity contribution >= 4 is 11.1 Å². The van der Waals surface area contributed by atoms with E-state index in [0.29, 0.717) is 5.82 Å². The van der Waals surface area contributed by atoms with Gasteiger partial charge in [0, 0.05) is 5.56 Å². The van der Waals surface area contributed by atoms with Gasteiger partial charge in [-0.3, -0.25) is 0 Å². The van der Waals surface area contributed by atoms with Crippen LogP contribution in [0, 0.1) is 6.92 Å². The second-order valence-corrected chi connectivity index (χ2v) is 6.02. The van der Waals surface area contributed by atoms with Crippen molar-refractivity contribution in [3.05, 3.63) is 109 Å². The van der Waals surface area contributed by atoms with Crippen LogP contribution in [0.1, 0.15) is 30.8 Å². The maximum atomic E-state index is 4.81. The van der Waals surface area contributed by atoms with Gasteiger partial charge in [-0.25, -0.2) is 9.97 Å². The van der Waals surface area contributed by atoms with Gasteiger partial charge >= 0.3 is 0 Å². The summed E-state index contributed by atoms with van der Waals surface area (Å²) < 4.78 is 0. The fraction of sp³-hybridized carbons (Fsp3) is 0.120. The highest BCUT2D eigenvalue weighted by atomic mass is 14.9. The van der Waals surface area contributed by atoms with Crippen molar-refractivity contribution in [3.63, 3.8) is 0 Å². The van der Waals surface area contributed by atoms with Crippen molar-refractivity contribution in [2.75, 3.05) is 0 Å². The van der Waals surface area contributed by atoms with E-state index in [2.05, 4.69) is 44.3 Å². The van der Waals surface area contributed by atoms with Crippen molar-refractivity contribution in [2.24, 2.45) is 0 Å². The Morgan fingerprint density at radius 1 is 0.926 bits per heavy atom. The molecule has 0 fully saturated rings. The first kappa shape index (κ1) is 20.1. The number of benzene rings is 1. The summed E-state index contributed by atoms with van der Waals surface area (Å²) in [4.78, 5) is 9.61. The molecule has 0 saturated carbocycles. The van der Waals surface area contributed by atoms with Crippen LogP contribution in [0.5, 0.6) is 0 Å². The lowest BCUT2D eigenvalue weighted by Gasteiger charge is -2.10. The quantitative estimate of drug-likeness (QED) is 0.514. The minimum Gasteiger partial charge on any atom is -0.228 e. The predicted octanol–water partition coefficient (Wildman–Crippen LogP) is 6.74. The highest BCUT2D eigenvalue weighted by Gasteiger charge is 2.10. The molecule has 0 N–H and O–H groups in total. The molecule has 0 spiro atoms. The van der Waals surface area contributed by atoms with E-state index in [1.54, 1.807) is 6.08 Å². The van der Waals surface area contributed by atoms with Crippen LogP contribution < -0.4 is 0 Å². The monoisotopic (exact) mass is 354 g/mol. The van der Waals surface area contributed by atoms with Crippen LogP contribution in [-0.2, 0) is 0 Å². The van der Waals surface area contributed by atoms with Gasteiger partial charge in [0.15, 0.2) is 5.82 Å². The Morgan fingerprint density at radius 3 is 2.15 bits per heavy atom. The number of aromatic nitrogens is 2. The molecular weight excluding hydrogens is 328 g/mol. The lowest BCUT2D eigenvalue weighted by molar-refractivity contribution is 1.13.